The van der Waals surface area contributed by atoms with Gasteiger partial charge in [-0.25, -0.2) is 8.42 Å². The molecule has 1 heterocycles. The molecule has 2 aromatic rings. The summed E-state index contributed by atoms with van der Waals surface area (Å²) < 4.78 is 27.5. The average molecular weight is 475 g/mol. The van der Waals surface area contributed by atoms with Crippen molar-refractivity contribution < 1.29 is 22.8 Å². The molecule has 32 heavy (non-hydrogen) atoms. The summed E-state index contributed by atoms with van der Waals surface area (Å²) in [6.07, 6.45) is -0.131. The summed E-state index contributed by atoms with van der Waals surface area (Å²) in [7, 11) is 2.72. The van der Waals surface area contributed by atoms with Crippen molar-refractivity contribution in [1.29, 1.82) is 0 Å². The standard InChI is InChI=1S/C20H20BClN4O5S/c1-26-16-5-3-2-4-14(16)20(15-7-6-13(22)10-17(15)32(26,29)30)25-31-12-19(28)24-9-8-23-18(27)11-21/h2-7,10H,8-9,11-12H2,1H3,(H,23,27)(H,24,28)/b25-20+. The molecule has 0 saturated heterocycles. The molecule has 0 unspecified atom stereocenters. The third kappa shape index (κ3) is 5.05. The van der Waals surface area contributed by atoms with Gasteiger partial charge in [0.05, 0.1) is 18.4 Å². The maximum Gasteiger partial charge on any atom is 0.264 e. The van der Waals surface area contributed by atoms with Crippen LogP contribution in [-0.4, -0.2) is 60.5 Å². The van der Waals surface area contributed by atoms with E-state index in [1.807, 2.05) is 0 Å². The van der Waals surface area contributed by atoms with Crippen molar-refractivity contribution in [2.24, 2.45) is 5.16 Å². The number of para-hydroxylation sites is 1. The fraction of sp³-hybridized carbons (Fsp3) is 0.250. The van der Waals surface area contributed by atoms with Crippen molar-refractivity contribution in [2.45, 2.75) is 11.2 Å². The molecular weight excluding hydrogens is 455 g/mol. The predicted molar refractivity (Wildman–Crippen MR) is 122 cm³/mol. The first-order valence-electron chi connectivity index (χ1n) is 9.57. The smallest absolute Gasteiger partial charge is 0.264 e. The van der Waals surface area contributed by atoms with Crippen LogP contribution in [0.4, 0.5) is 5.69 Å². The normalized spacial score (nSPS) is 15.3. The van der Waals surface area contributed by atoms with Crippen LogP contribution in [0.1, 0.15) is 11.1 Å². The summed E-state index contributed by atoms with van der Waals surface area (Å²) in [5.74, 6) is -0.785. The van der Waals surface area contributed by atoms with Crippen LogP contribution < -0.4 is 14.9 Å². The SMILES string of the molecule is [B]CC(=O)NCCNC(=O)CO/N=C1\c2ccccc2N(C)S(=O)(=O)c2cc(Cl)ccc21. The fourth-order valence-corrected chi connectivity index (χ4v) is 4.73. The number of rotatable bonds is 7. The maximum atomic E-state index is 13.2. The van der Waals surface area contributed by atoms with Gasteiger partial charge < -0.3 is 15.5 Å². The number of sulfonamides is 1. The molecule has 1 aliphatic rings. The van der Waals surface area contributed by atoms with Gasteiger partial charge in [0.2, 0.25) is 5.91 Å². The Hall–Kier alpha value is -3.05. The van der Waals surface area contributed by atoms with Crippen LogP contribution in [0.25, 0.3) is 0 Å². The van der Waals surface area contributed by atoms with Gasteiger partial charge in [0, 0.05) is 36.3 Å². The minimum atomic E-state index is -3.90. The minimum absolute atomic E-state index is 0.0221. The Bertz CT molecular complexity index is 1170. The lowest BCUT2D eigenvalue weighted by Crippen LogP contribution is -2.35. The highest BCUT2D eigenvalue weighted by Crippen LogP contribution is 2.35. The molecule has 2 N–H and O–H groups in total. The van der Waals surface area contributed by atoms with Gasteiger partial charge in [-0.3, -0.25) is 13.9 Å². The summed E-state index contributed by atoms with van der Waals surface area (Å²) in [5, 5.41) is 9.45. The maximum absolute atomic E-state index is 13.2. The van der Waals surface area contributed by atoms with Crippen LogP contribution in [0.5, 0.6) is 0 Å². The Morgan fingerprint density at radius 1 is 1.09 bits per heavy atom. The first-order chi connectivity index (χ1) is 15.3. The summed E-state index contributed by atoms with van der Waals surface area (Å²) in [5.41, 5.74) is 1.48. The topological polar surface area (TPSA) is 117 Å². The zero-order valence-electron chi connectivity index (χ0n) is 17.2. The van der Waals surface area contributed by atoms with Gasteiger partial charge in [-0.1, -0.05) is 35.0 Å². The van der Waals surface area contributed by atoms with E-state index in [9.17, 15) is 18.0 Å². The molecule has 0 aromatic heterocycles. The first kappa shape index (κ1) is 23.6. The van der Waals surface area contributed by atoms with Gasteiger partial charge in [-0.2, -0.15) is 0 Å². The van der Waals surface area contributed by atoms with Crippen molar-refractivity contribution in [3.05, 3.63) is 58.6 Å². The number of hydrogen-bond donors (Lipinski definition) is 2. The van der Waals surface area contributed by atoms with E-state index in [0.717, 1.165) is 4.31 Å². The van der Waals surface area contributed by atoms with Crippen molar-refractivity contribution in [2.75, 3.05) is 31.0 Å². The van der Waals surface area contributed by atoms with Gasteiger partial charge in [0.25, 0.3) is 15.9 Å². The number of benzene rings is 2. The number of hydrogen-bond acceptors (Lipinski definition) is 6. The van der Waals surface area contributed by atoms with Crippen molar-refractivity contribution >= 4 is 52.7 Å². The number of nitrogens with one attached hydrogen (secondary N) is 2. The average Bonchev–Trinajstić information content (AvgIpc) is 2.84. The number of amides is 2. The Kier molecular flexibility index (Phi) is 7.42. The molecule has 12 heteroatoms. The van der Waals surface area contributed by atoms with Crippen LogP contribution in [0.15, 0.2) is 52.5 Å². The molecule has 3 rings (SSSR count). The largest absolute Gasteiger partial charge is 0.385 e. The minimum Gasteiger partial charge on any atom is -0.385 e. The van der Waals surface area contributed by atoms with Crippen LogP contribution >= 0.6 is 11.6 Å². The summed E-state index contributed by atoms with van der Waals surface area (Å²) in [4.78, 5) is 28.3. The van der Waals surface area contributed by atoms with E-state index < -0.39 is 22.5 Å². The Balaban J connectivity index is 1.84. The predicted octanol–water partition coefficient (Wildman–Crippen LogP) is 1.07. The lowest BCUT2D eigenvalue weighted by molar-refractivity contribution is -0.126. The molecule has 0 spiro atoms. The van der Waals surface area contributed by atoms with E-state index in [1.165, 1.54) is 13.1 Å². The van der Waals surface area contributed by atoms with Gasteiger partial charge in [-0.15, -0.1) is 0 Å². The molecule has 2 radical (unpaired) electrons. The molecule has 0 fully saturated rings. The zero-order valence-corrected chi connectivity index (χ0v) is 18.7. The van der Waals surface area contributed by atoms with Gasteiger partial charge >= 0.3 is 0 Å². The molecular formula is C20H20BClN4O5S. The second kappa shape index (κ2) is 10.1. The van der Waals surface area contributed by atoms with Crippen molar-refractivity contribution in [3.63, 3.8) is 0 Å². The second-order valence-electron chi connectivity index (χ2n) is 6.75. The molecule has 0 bridgehead atoms. The highest BCUT2D eigenvalue weighted by atomic mass is 35.5. The molecule has 2 aromatic carbocycles. The van der Waals surface area contributed by atoms with Gasteiger partial charge in [0.1, 0.15) is 5.71 Å². The number of fused-ring (bicyclic) bond motifs is 2. The Labute approximate surface area is 192 Å². The third-order valence-electron chi connectivity index (χ3n) is 4.64. The van der Waals surface area contributed by atoms with Crippen LogP contribution in [-0.2, 0) is 24.4 Å². The quantitative estimate of drug-likeness (QED) is 0.354. The number of oxime groups is 1. The van der Waals surface area contributed by atoms with Gasteiger partial charge in [-0.05, 0) is 30.6 Å². The highest BCUT2D eigenvalue weighted by molar-refractivity contribution is 7.93. The number of anilines is 1. The molecule has 0 saturated carbocycles. The Morgan fingerprint density at radius 2 is 1.78 bits per heavy atom. The first-order valence-corrected chi connectivity index (χ1v) is 11.4. The summed E-state index contributed by atoms with van der Waals surface area (Å²) in [6, 6.07) is 11.3. The fourth-order valence-electron chi connectivity index (χ4n) is 3.06. The molecule has 1 aliphatic heterocycles. The third-order valence-corrected chi connectivity index (χ3v) is 6.69. The van der Waals surface area contributed by atoms with E-state index in [2.05, 4.69) is 15.8 Å². The Morgan fingerprint density at radius 3 is 2.50 bits per heavy atom. The van der Waals surface area contributed by atoms with Crippen molar-refractivity contribution in [3.8, 4) is 0 Å². The number of carbonyl (C=O) groups is 2. The summed E-state index contributed by atoms with van der Waals surface area (Å²) in [6.45, 7) is 0.0156. The van der Waals surface area contributed by atoms with Gasteiger partial charge in [0.15, 0.2) is 6.61 Å². The lowest BCUT2D eigenvalue weighted by Gasteiger charge is -2.19. The van der Waals surface area contributed by atoms with Crippen LogP contribution in [0.3, 0.4) is 0 Å². The zero-order chi connectivity index (χ0) is 23.3. The lowest BCUT2D eigenvalue weighted by atomic mass is 10.0. The number of carbonyl (C=O) groups excluding carboxylic acids is 2. The second-order valence-corrected chi connectivity index (χ2v) is 9.12. The van der Waals surface area contributed by atoms with E-state index in [-0.39, 0.29) is 40.9 Å². The van der Waals surface area contributed by atoms with Crippen LogP contribution in [0, 0.1) is 0 Å². The highest BCUT2D eigenvalue weighted by Gasteiger charge is 2.33. The van der Waals surface area contributed by atoms with Crippen LogP contribution in [0.2, 0.25) is 11.3 Å². The molecule has 9 nitrogen and oxygen atoms in total. The monoisotopic (exact) mass is 474 g/mol. The van der Waals surface area contributed by atoms with Crippen molar-refractivity contribution in [1.82, 2.24) is 10.6 Å². The van der Waals surface area contributed by atoms with E-state index >= 15 is 0 Å². The number of halogens is 1. The van der Waals surface area contributed by atoms with E-state index in [4.69, 9.17) is 24.3 Å². The van der Waals surface area contributed by atoms with E-state index in [1.54, 1.807) is 36.4 Å². The number of nitrogens with zero attached hydrogens (tertiary/aromatic N) is 2. The summed E-state index contributed by atoms with van der Waals surface area (Å²) >= 11 is 6.06. The molecule has 0 aliphatic carbocycles. The molecule has 166 valence electrons. The molecule has 2 amide bonds. The van der Waals surface area contributed by atoms with E-state index in [0.29, 0.717) is 16.8 Å². The molecule has 0 atom stereocenters.